The molecule has 0 bridgehead atoms. The zero-order valence-electron chi connectivity index (χ0n) is 10.2. The topological polar surface area (TPSA) is 47.1 Å². The summed E-state index contributed by atoms with van der Waals surface area (Å²) in [6, 6.07) is 11.8. The lowest BCUT2D eigenvalue weighted by atomic mass is 10.3. The first-order valence-corrected chi connectivity index (χ1v) is 5.82. The van der Waals surface area contributed by atoms with Crippen molar-refractivity contribution in [1.29, 1.82) is 0 Å². The normalized spacial score (nSPS) is 11.4. The third kappa shape index (κ3) is 2.12. The van der Waals surface area contributed by atoms with Gasteiger partial charge in [-0.2, -0.15) is 0 Å². The summed E-state index contributed by atoms with van der Waals surface area (Å²) in [6.45, 7) is 1.43. The number of benzene rings is 1. The minimum Gasteiger partial charge on any atom is -0.468 e. The molecule has 0 radical (unpaired) electrons. The molecule has 0 aliphatic carbocycles. The van der Waals surface area contributed by atoms with E-state index in [1.165, 1.54) is 0 Å². The Hall–Kier alpha value is -2.14. The number of nitrogens with zero attached hydrogens (tertiary/aromatic N) is 4. The number of fused-ring (bicyclic) bond motifs is 1. The Morgan fingerprint density at radius 1 is 1.22 bits per heavy atom. The van der Waals surface area contributed by atoms with E-state index in [1.54, 1.807) is 6.26 Å². The molecule has 0 aliphatic heterocycles. The van der Waals surface area contributed by atoms with Gasteiger partial charge in [0.05, 0.1) is 25.0 Å². The fourth-order valence-electron chi connectivity index (χ4n) is 1.97. The summed E-state index contributed by atoms with van der Waals surface area (Å²) in [5, 5.41) is 8.29. The van der Waals surface area contributed by atoms with Gasteiger partial charge in [0.25, 0.3) is 0 Å². The molecule has 18 heavy (non-hydrogen) atoms. The molecule has 2 aromatic heterocycles. The molecular formula is C13H14N4O. The number of hydrogen-bond donors (Lipinski definition) is 0. The third-order valence-corrected chi connectivity index (χ3v) is 2.80. The number of hydrogen-bond acceptors (Lipinski definition) is 4. The monoisotopic (exact) mass is 242 g/mol. The van der Waals surface area contributed by atoms with Crippen molar-refractivity contribution in [2.75, 3.05) is 7.05 Å². The van der Waals surface area contributed by atoms with E-state index in [-0.39, 0.29) is 0 Å². The van der Waals surface area contributed by atoms with E-state index in [0.717, 1.165) is 23.3 Å². The first-order valence-electron chi connectivity index (χ1n) is 5.82. The second-order valence-electron chi connectivity index (χ2n) is 4.31. The average Bonchev–Trinajstić information content (AvgIpc) is 3.00. The van der Waals surface area contributed by atoms with Crippen LogP contribution in [-0.4, -0.2) is 26.9 Å². The van der Waals surface area contributed by atoms with Crippen LogP contribution in [0.15, 0.2) is 47.1 Å². The van der Waals surface area contributed by atoms with Gasteiger partial charge in [0, 0.05) is 0 Å². The first kappa shape index (κ1) is 11.0. The summed E-state index contributed by atoms with van der Waals surface area (Å²) in [5.74, 6) is 0.946. The summed E-state index contributed by atoms with van der Waals surface area (Å²) in [6.07, 6.45) is 1.69. The molecule has 0 N–H and O–H groups in total. The van der Waals surface area contributed by atoms with Crippen LogP contribution in [0.1, 0.15) is 5.76 Å². The molecule has 5 heteroatoms. The predicted octanol–water partition coefficient (Wildman–Crippen LogP) is 2.11. The Morgan fingerprint density at radius 3 is 2.94 bits per heavy atom. The Morgan fingerprint density at radius 2 is 2.11 bits per heavy atom. The molecule has 1 aromatic carbocycles. The van der Waals surface area contributed by atoms with Crippen LogP contribution in [0.5, 0.6) is 0 Å². The first-order chi connectivity index (χ1) is 8.83. The van der Waals surface area contributed by atoms with Crippen LogP contribution < -0.4 is 0 Å². The van der Waals surface area contributed by atoms with Crippen molar-refractivity contribution in [1.82, 2.24) is 19.9 Å². The summed E-state index contributed by atoms with van der Waals surface area (Å²) in [5.41, 5.74) is 1.97. The van der Waals surface area contributed by atoms with Crippen molar-refractivity contribution in [2.24, 2.45) is 0 Å². The van der Waals surface area contributed by atoms with Crippen LogP contribution >= 0.6 is 0 Å². The van der Waals surface area contributed by atoms with E-state index >= 15 is 0 Å². The lowest BCUT2D eigenvalue weighted by Crippen LogP contribution is -2.22. The molecule has 0 spiro atoms. The molecule has 0 fully saturated rings. The maximum Gasteiger partial charge on any atom is 0.117 e. The highest BCUT2D eigenvalue weighted by Gasteiger charge is 2.07. The maximum atomic E-state index is 5.32. The molecule has 0 amide bonds. The smallest absolute Gasteiger partial charge is 0.117 e. The Labute approximate surface area is 105 Å². The number of aromatic nitrogens is 3. The van der Waals surface area contributed by atoms with Crippen LogP contribution in [0.3, 0.4) is 0 Å². The summed E-state index contributed by atoms with van der Waals surface area (Å²) >= 11 is 0. The van der Waals surface area contributed by atoms with Gasteiger partial charge in [0.1, 0.15) is 11.3 Å². The molecule has 92 valence electrons. The Bertz CT molecular complexity index is 629. The van der Waals surface area contributed by atoms with Gasteiger partial charge < -0.3 is 4.42 Å². The van der Waals surface area contributed by atoms with E-state index in [0.29, 0.717) is 6.67 Å². The Balaban J connectivity index is 1.76. The fourth-order valence-corrected chi connectivity index (χ4v) is 1.97. The maximum absolute atomic E-state index is 5.32. The predicted molar refractivity (Wildman–Crippen MR) is 67.7 cm³/mol. The number of para-hydroxylation sites is 1. The van der Waals surface area contributed by atoms with Gasteiger partial charge in [-0.15, -0.1) is 5.10 Å². The second kappa shape index (κ2) is 4.62. The molecule has 0 aliphatic rings. The van der Waals surface area contributed by atoms with Crippen LogP contribution in [0, 0.1) is 0 Å². The number of rotatable bonds is 4. The van der Waals surface area contributed by atoms with Crippen molar-refractivity contribution in [3.05, 3.63) is 48.4 Å². The van der Waals surface area contributed by atoms with Gasteiger partial charge in [-0.1, -0.05) is 17.3 Å². The van der Waals surface area contributed by atoms with Gasteiger partial charge >= 0.3 is 0 Å². The van der Waals surface area contributed by atoms with Gasteiger partial charge in [-0.05, 0) is 31.3 Å². The zero-order chi connectivity index (χ0) is 12.4. The lowest BCUT2D eigenvalue weighted by Gasteiger charge is -2.14. The van der Waals surface area contributed by atoms with E-state index in [1.807, 2.05) is 48.1 Å². The third-order valence-electron chi connectivity index (χ3n) is 2.80. The van der Waals surface area contributed by atoms with E-state index in [9.17, 15) is 0 Å². The largest absolute Gasteiger partial charge is 0.468 e. The highest BCUT2D eigenvalue weighted by molar-refractivity contribution is 5.73. The molecule has 0 unspecified atom stereocenters. The van der Waals surface area contributed by atoms with Crippen LogP contribution in [0.4, 0.5) is 0 Å². The van der Waals surface area contributed by atoms with Gasteiger partial charge in [-0.3, -0.25) is 4.90 Å². The van der Waals surface area contributed by atoms with Crippen molar-refractivity contribution in [2.45, 2.75) is 13.2 Å². The van der Waals surface area contributed by atoms with Crippen LogP contribution in [0.2, 0.25) is 0 Å². The quantitative estimate of drug-likeness (QED) is 0.703. The van der Waals surface area contributed by atoms with Crippen molar-refractivity contribution < 1.29 is 4.42 Å². The molecule has 2 heterocycles. The summed E-state index contributed by atoms with van der Waals surface area (Å²) < 4.78 is 7.21. The SMILES string of the molecule is CN(Cc1ccco1)Cn1nnc2ccccc21. The molecule has 0 saturated heterocycles. The van der Waals surface area contributed by atoms with Gasteiger partial charge in [-0.25, -0.2) is 4.68 Å². The molecule has 3 rings (SSSR count). The number of furan rings is 1. The highest BCUT2D eigenvalue weighted by Crippen LogP contribution is 2.11. The Kier molecular flexibility index (Phi) is 2.82. The fraction of sp³-hybridized carbons (Fsp3) is 0.231. The minimum atomic E-state index is 0.682. The van der Waals surface area contributed by atoms with Crippen LogP contribution in [0.25, 0.3) is 11.0 Å². The molecule has 5 nitrogen and oxygen atoms in total. The highest BCUT2D eigenvalue weighted by atomic mass is 16.3. The standard InChI is InChI=1S/C13H14N4O/c1-16(9-11-5-4-8-18-11)10-17-13-7-3-2-6-12(13)14-15-17/h2-8H,9-10H2,1H3. The van der Waals surface area contributed by atoms with Crippen LogP contribution in [-0.2, 0) is 13.2 Å². The van der Waals surface area contributed by atoms with E-state index in [2.05, 4.69) is 15.2 Å². The molecular weight excluding hydrogens is 228 g/mol. The van der Waals surface area contributed by atoms with E-state index < -0.39 is 0 Å². The summed E-state index contributed by atoms with van der Waals surface area (Å²) in [4.78, 5) is 2.12. The van der Waals surface area contributed by atoms with Gasteiger partial charge in [0.2, 0.25) is 0 Å². The zero-order valence-corrected chi connectivity index (χ0v) is 10.2. The molecule has 0 atom stereocenters. The van der Waals surface area contributed by atoms with Crippen molar-refractivity contribution in [3.63, 3.8) is 0 Å². The van der Waals surface area contributed by atoms with E-state index in [4.69, 9.17) is 4.42 Å². The molecule has 3 aromatic rings. The molecule has 0 saturated carbocycles. The minimum absolute atomic E-state index is 0.682. The van der Waals surface area contributed by atoms with Crippen molar-refractivity contribution in [3.8, 4) is 0 Å². The summed E-state index contributed by atoms with van der Waals surface area (Å²) in [7, 11) is 2.03. The average molecular weight is 242 g/mol. The second-order valence-corrected chi connectivity index (χ2v) is 4.31. The van der Waals surface area contributed by atoms with Crippen molar-refractivity contribution >= 4 is 11.0 Å². The van der Waals surface area contributed by atoms with Gasteiger partial charge in [0.15, 0.2) is 0 Å². The lowest BCUT2D eigenvalue weighted by molar-refractivity contribution is 0.229.